The summed E-state index contributed by atoms with van der Waals surface area (Å²) in [6.07, 6.45) is 2.32. The van der Waals surface area contributed by atoms with Gasteiger partial charge in [-0.15, -0.1) is 0 Å². The summed E-state index contributed by atoms with van der Waals surface area (Å²) < 4.78 is 10.2. The standard InChI is InChI=1S/C22H25N5O4/c1-2-30-21(28)17-4-9-20(24-16-17)26-11-3-12-27(14-13-26)22(29)25-18-5-7-19(8-6-18)31-15-10-23/h4-9,16H,2-3,11-15H2,1H3,(H,25,29). The summed E-state index contributed by atoms with van der Waals surface area (Å²) in [5.74, 6) is 0.958. The lowest BCUT2D eigenvalue weighted by molar-refractivity contribution is 0.0526. The minimum absolute atomic E-state index is 0.0175. The molecular formula is C22H25N5O4. The van der Waals surface area contributed by atoms with E-state index >= 15 is 0 Å². The van der Waals surface area contributed by atoms with Crippen LogP contribution in [0.2, 0.25) is 0 Å². The molecule has 1 aromatic heterocycles. The van der Waals surface area contributed by atoms with Crippen LogP contribution in [0.4, 0.5) is 16.3 Å². The van der Waals surface area contributed by atoms with Gasteiger partial charge in [0.25, 0.3) is 0 Å². The topological polar surface area (TPSA) is 108 Å². The minimum atomic E-state index is -0.384. The fourth-order valence-corrected chi connectivity index (χ4v) is 3.21. The Labute approximate surface area is 181 Å². The molecule has 0 bridgehead atoms. The molecule has 1 aliphatic heterocycles. The van der Waals surface area contributed by atoms with Crippen LogP contribution in [0, 0.1) is 11.3 Å². The summed E-state index contributed by atoms with van der Waals surface area (Å²) >= 11 is 0. The zero-order valence-electron chi connectivity index (χ0n) is 17.4. The molecule has 1 N–H and O–H groups in total. The number of amides is 2. The summed E-state index contributed by atoms with van der Waals surface area (Å²) in [4.78, 5) is 32.7. The fraction of sp³-hybridized carbons (Fsp3) is 0.364. The van der Waals surface area contributed by atoms with E-state index in [-0.39, 0.29) is 18.6 Å². The summed E-state index contributed by atoms with van der Waals surface area (Å²) in [5.41, 5.74) is 1.08. The van der Waals surface area contributed by atoms with E-state index in [4.69, 9.17) is 14.7 Å². The predicted molar refractivity (Wildman–Crippen MR) is 115 cm³/mol. The van der Waals surface area contributed by atoms with Crippen LogP contribution in [0.25, 0.3) is 0 Å². The van der Waals surface area contributed by atoms with Crippen molar-refractivity contribution in [3.63, 3.8) is 0 Å². The molecular weight excluding hydrogens is 398 g/mol. The van der Waals surface area contributed by atoms with Crippen molar-refractivity contribution in [3.05, 3.63) is 48.2 Å². The molecule has 2 aromatic rings. The number of hydrogen-bond donors (Lipinski definition) is 1. The lowest BCUT2D eigenvalue weighted by Gasteiger charge is -2.23. The number of carbonyl (C=O) groups excluding carboxylic acids is 2. The number of carbonyl (C=O) groups is 2. The number of pyridine rings is 1. The quantitative estimate of drug-likeness (QED) is 0.712. The van der Waals surface area contributed by atoms with Crippen LogP contribution < -0.4 is 15.0 Å². The number of nitriles is 1. The van der Waals surface area contributed by atoms with Crippen LogP contribution in [0.5, 0.6) is 5.75 Å². The highest BCUT2D eigenvalue weighted by atomic mass is 16.5. The largest absolute Gasteiger partial charge is 0.479 e. The van der Waals surface area contributed by atoms with Crippen LogP contribution in [0.15, 0.2) is 42.6 Å². The van der Waals surface area contributed by atoms with E-state index in [0.717, 1.165) is 18.8 Å². The number of nitrogens with zero attached hydrogens (tertiary/aromatic N) is 4. The predicted octanol–water partition coefficient (Wildman–Crippen LogP) is 2.90. The number of benzene rings is 1. The van der Waals surface area contributed by atoms with E-state index in [9.17, 15) is 9.59 Å². The third kappa shape index (κ3) is 6.09. The molecule has 0 aliphatic carbocycles. The van der Waals surface area contributed by atoms with Crippen molar-refractivity contribution < 1.29 is 19.1 Å². The Morgan fingerprint density at radius 3 is 2.61 bits per heavy atom. The molecule has 3 rings (SSSR count). The Hall–Kier alpha value is -3.80. The van der Waals surface area contributed by atoms with Gasteiger partial charge in [0.05, 0.1) is 12.2 Å². The first-order valence-corrected chi connectivity index (χ1v) is 10.1. The molecule has 0 unspecified atom stereocenters. The molecule has 162 valence electrons. The second-order valence-electron chi connectivity index (χ2n) is 6.85. The van der Waals surface area contributed by atoms with E-state index in [2.05, 4.69) is 15.2 Å². The second kappa shape index (κ2) is 10.8. The Bertz CT molecular complexity index is 924. The third-order valence-electron chi connectivity index (χ3n) is 4.78. The van der Waals surface area contributed by atoms with Gasteiger partial charge in [-0.2, -0.15) is 5.26 Å². The van der Waals surface area contributed by atoms with Crippen molar-refractivity contribution in [2.24, 2.45) is 0 Å². The van der Waals surface area contributed by atoms with Gasteiger partial charge in [0.2, 0.25) is 0 Å². The summed E-state index contributed by atoms with van der Waals surface area (Å²) in [6.45, 7) is 4.66. The van der Waals surface area contributed by atoms with Crippen molar-refractivity contribution in [2.45, 2.75) is 13.3 Å². The van der Waals surface area contributed by atoms with Crippen LogP contribution in [0.1, 0.15) is 23.7 Å². The summed E-state index contributed by atoms with van der Waals surface area (Å²) in [6, 6.07) is 12.2. The lowest BCUT2D eigenvalue weighted by Crippen LogP contribution is -2.38. The van der Waals surface area contributed by atoms with Gasteiger partial charge in [-0.25, -0.2) is 14.6 Å². The fourth-order valence-electron chi connectivity index (χ4n) is 3.21. The van der Waals surface area contributed by atoms with Crippen molar-refractivity contribution in [2.75, 3.05) is 49.6 Å². The molecule has 0 spiro atoms. The third-order valence-corrected chi connectivity index (χ3v) is 4.78. The minimum Gasteiger partial charge on any atom is -0.479 e. The van der Waals surface area contributed by atoms with Gasteiger partial charge in [0.1, 0.15) is 17.6 Å². The summed E-state index contributed by atoms with van der Waals surface area (Å²) in [7, 11) is 0. The highest BCUT2D eigenvalue weighted by Gasteiger charge is 2.20. The van der Waals surface area contributed by atoms with Crippen molar-refractivity contribution in [1.29, 1.82) is 5.26 Å². The molecule has 1 aromatic carbocycles. The maximum Gasteiger partial charge on any atom is 0.339 e. The molecule has 0 atom stereocenters. The van der Waals surface area contributed by atoms with Gasteiger partial charge in [-0.3, -0.25) is 0 Å². The lowest BCUT2D eigenvalue weighted by atomic mass is 10.2. The molecule has 0 radical (unpaired) electrons. The molecule has 31 heavy (non-hydrogen) atoms. The van der Waals surface area contributed by atoms with Crippen LogP contribution in [0.3, 0.4) is 0 Å². The molecule has 1 aliphatic rings. The number of anilines is 2. The van der Waals surface area contributed by atoms with Crippen LogP contribution >= 0.6 is 0 Å². The molecule has 1 fully saturated rings. The maximum atomic E-state index is 12.7. The second-order valence-corrected chi connectivity index (χ2v) is 6.85. The average Bonchev–Trinajstić information content (AvgIpc) is 3.05. The maximum absolute atomic E-state index is 12.7. The number of esters is 1. The smallest absolute Gasteiger partial charge is 0.339 e. The van der Waals surface area contributed by atoms with Gasteiger partial charge in [-0.05, 0) is 49.7 Å². The van der Waals surface area contributed by atoms with Gasteiger partial charge in [0, 0.05) is 38.1 Å². The van der Waals surface area contributed by atoms with Crippen molar-refractivity contribution in [1.82, 2.24) is 9.88 Å². The number of rotatable bonds is 6. The van der Waals surface area contributed by atoms with Gasteiger partial charge < -0.3 is 24.6 Å². The molecule has 0 saturated carbocycles. The van der Waals surface area contributed by atoms with Crippen molar-refractivity contribution >= 4 is 23.5 Å². The Morgan fingerprint density at radius 2 is 1.94 bits per heavy atom. The normalized spacial score (nSPS) is 13.7. The highest BCUT2D eigenvalue weighted by Crippen LogP contribution is 2.18. The highest BCUT2D eigenvalue weighted by molar-refractivity contribution is 5.90. The van der Waals surface area contributed by atoms with Crippen molar-refractivity contribution in [3.8, 4) is 11.8 Å². The zero-order valence-corrected chi connectivity index (χ0v) is 17.4. The molecule has 9 nitrogen and oxygen atoms in total. The Balaban J connectivity index is 1.54. The van der Waals surface area contributed by atoms with E-state index < -0.39 is 0 Å². The van der Waals surface area contributed by atoms with Crippen LogP contribution in [-0.4, -0.2) is 61.3 Å². The Morgan fingerprint density at radius 1 is 1.13 bits per heavy atom. The van der Waals surface area contributed by atoms with E-state index in [1.54, 1.807) is 48.2 Å². The SMILES string of the molecule is CCOC(=O)c1ccc(N2CCCN(C(=O)Nc3ccc(OCC#N)cc3)CC2)nc1. The molecule has 2 amide bonds. The summed E-state index contributed by atoms with van der Waals surface area (Å²) in [5, 5.41) is 11.4. The molecule has 1 saturated heterocycles. The monoisotopic (exact) mass is 423 g/mol. The molecule has 2 heterocycles. The molecule has 9 heteroatoms. The van der Waals surface area contributed by atoms with E-state index in [0.29, 0.717) is 43.2 Å². The number of ether oxygens (including phenoxy) is 2. The first-order valence-electron chi connectivity index (χ1n) is 10.1. The van der Waals surface area contributed by atoms with E-state index in [1.807, 2.05) is 6.07 Å². The van der Waals surface area contributed by atoms with Gasteiger partial charge in [0.15, 0.2) is 6.61 Å². The van der Waals surface area contributed by atoms with Gasteiger partial charge >= 0.3 is 12.0 Å². The first-order chi connectivity index (χ1) is 15.1. The zero-order chi connectivity index (χ0) is 22.1. The number of aromatic nitrogens is 1. The number of nitrogens with one attached hydrogen (secondary N) is 1. The van der Waals surface area contributed by atoms with Gasteiger partial charge in [-0.1, -0.05) is 0 Å². The van der Waals surface area contributed by atoms with E-state index in [1.165, 1.54) is 6.20 Å². The first kappa shape index (κ1) is 21.9. The Kier molecular flexibility index (Phi) is 7.65. The number of urea groups is 1. The van der Waals surface area contributed by atoms with Crippen LogP contribution in [-0.2, 0) is 4.74 Å². The average molecular weight is 423 g/mol. The number of hydrogen-bond acceptors (Lipinski definition) is 7.